The summed E-state index contributed by atoms with van der Waals surface area (Å²) in [5.41, 5.74) is 1.51. The summed E-state index contributed by atoms with van der Waals surface area (Å²) in [6.07, 6.45) is 0. The first-order chi connectivity index (χ1) is 7.96. The van der Waals surface area contributed by atoms with E-state index in [9.17, 15) is 4.79 Å². The minimum atomic E-state index is -0.486. The second-order valence-electron chi connectivity index (χ2n) is 5.34. The lowest BCUT2D eigenvalue weighted by molar-refractivity contribution is -0.141. The van der Waals surface area contributed by atoms with Gasteiger partial charge in [-0.3, -0.25) is 4.79 Å². The third kappa shape index (κ3) is 1.40. The van der Waals surface area contributed by atoms with E-state index in [1.807, 2.05) is 26.0 Å². The second-order valence-corrected chi connectivity index (χ2v) is 6.26. The Balaban J connectivity index is 2.24. The van der Waals surface area contributed by atoms with E-state index in [0.29, 0.717) is 13.2 Å². The minimum Gasteiger partial charge on any atom is -0.376 e. The molecular weight excluding hydrogens is 282 g/mol. The quantitative estimate of drug-likeness (QED) is 0.796. The predicted octanol–water partition coefficient (Wildman–Crippen LogP) is 2.08. The van der Waals surface area contributed by atoms with Crippen LogP contribution in [0.1, 0.15) is 25.0 Å². The van der Waals surface area contributed by atoms with Gasteiger partial charge in [-0.1, -0.05) is 22.0 Å². The van der Waals surface area contributed by atoms with Gasteiger partial charge in [0.25, 0.3) is 0 Å². The maximum atomic E-state index is 12.2. The smallest absolute Gasteiger partial charge is 0.230 e. The van der Waals surface area contributed by atoms with Gasteiger partial charge in [0.1, 0.15) is 5.54 Å². The third-order valence-corrected chi connectivity index (χ3v) is 4.28. The van der Waals surface area contributed by atoms with Gasteiger partial charge < -0.3 is 10.1 Å². The molecule has 17 heavy (non-hydrogen) atoms. The Morgan fingerprint density at radius 3 is 2.59 bits per heavy atom. The summed E-state index contributed by atoms with van der Waals surface area (Å²) >= 11 is 3.48. The summed E-state index contributed by atoms with van der Waals surface area (Å²) in [4.78, 5) is 12.2. The standard InChI is InChI=1S/C13H14BrNO2/c1-12(2)10-5-8(14)3-4-9(10)13(6-17-7-13)15-11(12)16/h3-5H,6-7H2,1-2H3,(H,15,16). The fourth-order valence-corrected chi connectivity index (χ4v) is 2.91. The van der Waals surface area contributed by atoms with Crippen LogP contribution in [0.2, 0.25) is 0 Å². The first kappa shape index (κ1) is 11.2. The number of halogens is 1. The molecule has 0 aliphatic carbocycles. The molecule has 0 aromatic heterocycles. The Morgan fingerprint density at radius 2 is 2.00 bits per heavy atom. The minimum absolute atomic E-state index is 0.0754. The van der Waals surface area contributed by atoms with Crippen LogP contribution in [0.25, 0.3) is 0 Å². The molecule has 3 rings (SSSR count). The zero-order valence-corrected chi connectivity index (χ0v) is 11.4. The number of hydrogen-bond donors (Lipinski definition) is 1. The Kier molecular flexibility index (Phi) is 2.20. The molecule has 1 spiro atoms. The maximum Gasteiger partial charge on any atom is 0.230 e. The van der Waals surface area contributed by atoms with Crippen molar-refractivity contribution < 1.29 is 9.53 Å². The van der Waals surface area contributed by atoms with Gasteiger partial charge >= 0.3 is 0 Å². The van der Waals surface area contributed by atoms with Crippen molar-refractivity contribution >= 4 is 21.8 Å². The Hall–Kier alpha value is -0.870. The van der Waals surface area contributed by atoms with Crippen LogP contribution in [0.4, 0.5) is 0 Å². The molecular formula is C13H14BrNO2. The van der Waals surface area contributed by atoms with Gasteiger partial charge in [0.2, 0.25) is 5.91 Å². The lowest BCUT2D eigenvalue weighted by Gasteiger charge is -2.49. The summed E-state index contributed by atoms with van der Waals surface area (Å²) in [6.45, 7) is 5.06. The highest BCUT2D eigenvalue weighted by molar-refractivity contribution is 9.10. The normalized spacial score (nSPS) is 23.8. The molecule has 0 saturated carbocycles. The van der Waals surface area contributed by atoms with Crippen LogP contribution in [0.5, 0.6) is 0 Å². The molecule has 1 saturated heterocycles. The molecule has 1 aromatic rings. The molecule has 0 radical (unpaired) electrons. The van der Waals surface area contributed by atoms with Crippen LogP contribution in [-0.4, -0.2) is 19.1 Å². The van der Waals surface area contributed by atoms with E-state index in [2.05, 4.69) is 27.3 Å². The lowest BCUT2D eigenvalue weighted by atomic mass is 9.70. The van der Waals surface area contributed by atoms with Crippen LogP contribution in [0.3, 0.4) is 0 Å². The molecule has 1 amide bonds. The van der Waals surface area contributed by atoms with Crippen LogP contribution < -0.4 is 5.32 Å². The van der Waals surface area contributed by atoms with Crippen LogP contribution in [-0.2, 0) is 20.5 Å². The Morgan fingerprint density at radius 1 is 1.29 bits per heavy atom. The van der Waals surface area contributed by atoms with Crippen molar-refractivity contribution in [3.63, 3.8) is 0 Å². The van der Waals surface area contributed by atoms with Gasteiger partial charge in [-0.2, -0.15) is 0 Å². The molecule has 1 aromatic carbocycles. The van der Waals surface area contributed by atoms with E-state index in [1.54, 1.807) is 0 Å². The number of hydrogen-bond acceptors (Lipinski definition) is 2. The van der Waals surface area contributed by atoms with Crippen molar-refractivity contribution in [2.24, 2.45) is 0 Å². The zero-order chi connectivity index (χ0) is 12.3. The molecule has 4 heteroatoms. The van der Waals surface area contributed by atoms with Crippen molar-refractivity contribution in [2.75, 3.05) is 13.2 Å². The van der Waals surface area contributed by atoms with Crippen LogP contribution in [0.15, 0.2) is 22.7 Å². The number of carbonyl (C=O) groups is 1. The first-order valence-corrected chi connectivity index (χ1v) is 6.46. The molecule has 0 atom stereocenters. The van der Waals surface area contributed by atoms with Crippen molar-refractivity contribution in [2.45, 2.75) is 24.8 Å². The van der Waals surface area contributed by atoms with Gasteiger partial charge in [0.15, 0.2) is 0 Å². The molecule has 0 bridgehead atoms. The SMILES string of the molecule is CC1(C)C(=O)NC2(COC2)c2ccc(Br)cc21. The monoisotopic (exact) mass is 295 g/mol. The summed E-state index contributed by atoms with van der Waals surface area (Å²) in [6, 6.07) is 6.16. The van der Waals surface area contributed by atoms with Crippen molar-refractivity contribution in [1.29, 1.82) is 0 Å². The molecule has 2 aliphatic heterocycles. The predicted molar refractivity (Wildman–Crippen MR) is 67.8 cm³/mol. The van der Waals surface area contributed by atoms with E-state index in [0.717, 1.165) is 10.0 Å². The number of fused-ring (bicyclic) bond motifs is 2. The van der Waals surface area contributed by atoms with Gasteiger partial charge in [0, 0.05) is 4.47 Å². The Bertz CT molecular complexity index is 506. The van der Waals surface area contributed by atoms with E-state index in [-0.39, 0.29) is 11.4 Å². The number of amides is 1. The molecule has 1 fully saturated rings. The second kappa shape index (κ2) is 3.33. The van der Waals surface area contributed by atoms with E-state index in [1.165, 1.54) is 5.56 Å². The number of nitrogens with one attached hydrogen (secondary N) is 1. The fourth-order valence-electron chi connectivity index (χ4n) is 2.55. The van der Waals surface area contributed by atoms with Crippen molar-refractivity contribution in [3.05, 3.63) is 33.8 Å². The van der Waals surface area contributed by atoms with Gasteiger partial charge in [0.05, 0.1) is 18.6 Å². The molecule has 3 nitrogen and oxygen atoms in total. The number of rotatable bonds is 0. The van der Waals surface area contributed by atoms with Crippen molar-refractivity contribution in [3.8, 4) is 0 Å². The molecule has 2 aliphatic rings. The molecule has 90 valence electrons. The van der Waals surface area contributed by atoms with E-state index >= 15 is 0 Å². The molecule has 2 heterocycles. The highest BCUT2D eigenvalue weighted by Gasteiger charge is 2.51. The topological polar surface area (TPSA) is 38.3 Å². The van der Waals surface area contributed by atoms with Crippen molar-refractivity contribution in [1.82, 2.24) is 5.32 Å². The van der Waals surface area contributed by atoms with Crippen LogP contribution in [0, 0.1) is 0 Å². The Labute approximate surface area is 109 Å². The zero-order valence-electron chi connectivity index (χ0n) is 9.84. The third-order valence-electron chi connectivity index (χ3n) is 3.79. The van der Waals surface area contributed by atoms with E-state index < -0.39 is 5.41 Å². The summed E-state index contributed by atoms with van der Waals surface area (Å²) in [5.74, 6) is 0.0754. The first-order valence-electron chi connectivity index (χ1n) is 5.67. The van der Waals surface area contributed by atoms with E-state index in [4.69, 9.17) is 4.74 Å². The number of carbonyl (C=O) groups excluding carboxylic acids is 1. The molecule has 1 N–H and O–H groups in total. The number of benzene rings is 1. The van der Waals surface area contributed by atoms with Crippen LogP contribution >= 0.6 is 15.9 Å². The highest BCUT2D eigenvalue weighted by Crippen LogP contribution is 2.42. The fraction of sp³-hybridized carbons (Fsp3) is 0.462. The molecule has 0 unspecified atom stereocenters. The lowest BCUT2D eigenvalue weighted by Crippen LogP contribution is -2.66. The number of ether oxygens (including phenoxy) is 1. The summed E-state index contributed by atoms with van der Waals surface area (Å²) < 4.78 is 6.30. The van der Waals surface area contributed by atoms with Gasteiger partial charge in [-0.05, 0) is 37.1 Å². The average Bonchev–Trinajstić information content (AvgIpc) is 2.22. The maximum absolute atomic E-state index is 12.2. The summed E-state index contributed by atoms with van der Waals surface area (Å²) in [7, 11) is 0. The highest BCUT2D eigenvalue weighted by atomic mass is 79.9. The average molecular weight is 296 g/mol. The summed E-state index contributed by atoms with van der Waals surface area (Å²) in [5, 5.41) is 3.12. The van der Waals surface area contributed by atoms with Gasteiger partial charge in [-0.15, -0.1) is 0 Å². The largest absolute Gasteiger partial charge is 0.376 e. The van der Waals surface area contributed by atoms with Gasteiger partial charge in [-0.25, -0.2) is 0 Å².